The van der Waals surface area contributed by atoms with Gasteiger partial charge < -0.3 is 0 Å². The Balaban J connectivity index is 1.81. The van der Waals surface area contributed by atoms with Crippen molar-refractivity contribution in [2.45, 2.75) is 25.7 Å². The fourth-order valence-electron chi connectivity index (χ4n) is 1.96. The minimum Gasteiger partial charge on any atom is -0.0970 e. The van der Waals surface area contributed by atoms with Gasteiger partial charge in [-0.25, -0.2) is 0 Å². The summed E-state index contributed by atoms with van der Waals surface area (Å²) >= 11 is 0. The van der Waals surface area contributed by atoms with Crippen molar-refractivity contribution in [1.82, 2.24) is 0 Å². The van der Waals surface area contributed by atoms with E-state index >= 15 is 0 Å². The molecule has 1 aliphatic rings. The van der Waals surface area contributed by atoms with Crippen molar-refractivity contribution in [3.63, 3.8) is 0 Å². The van der Waals surface area contributed by atoms with Gasteiger partial charge in [-0.2, -0.15) is 0 Å². The van der Waals surface area contributed by atoms with Crippen LogP contribution in [0.4, 0.5) is 0 Å². The summed E-state index contributed by atoms with van der Waals surface area (Å²) in [7, 11) is 0.851. The smallest absolute Gasteiger partial charge is 0.0970 e. The second kappa shape index (κ2) is 5.16. The zero-order valence-corrected chi connectivity index (χ0v) is 9.45. The zero-order chi connectivity index (χ0) is 9.64. The topological polar surface area (TPSA) is 0 Å². The summed E-state index contributed by atoms with van der Waals surface area (Å²) < 4.78 is 0. The third kappa shape index (κ3) is 2.84. The molecule has 0 nitrogen and oxygen atoms in total. The molecule has 2 radical (unpaired) electrons. The van der Waals surface area contributed by atoms with Crippen LogP contribution >= 0.6 is 0 Å². The van der Waals surface area contributed by atoms with Crippen LogP contribution in [0.1, 0.15) is 25.7 Å². The Hall–Kier alpha value is -0.823. The summed E-state index contributed by atoms with van der Waals surface area (Å²) in [6.07, 6.45) is 8.12. The van der Waals surface area contributed by atoms with Crippen LogP contribution in [0.2, 0.25) is 0 Å². The molecule has 0 heterocycles. The second-order valence-corrected chi connectivity index (χ2v) is 5.11. The van der Waals surface area contributed by atoms with E-state index in [1.807, 2.05) is 0 Å². The number of rotatable bonds is 3. The number of hydrogen-bond acceptors (Lipinski definition) is 0. The van der Waals surface area contributed by atoms with Gasteiger partial charge in [-0.1, -0.05) is 60.1 Å². The maximum Gasteiger partial charge on any atom is 0.111 e. The van der Waals surface area contributed by atoms with Crippen molar-refractivity contribution in [2.24, 2.45) is 5.92 Å². The fraction of sp³-hybridized carbons (Fsp3) is 0.385. The molecule has 0 bridgehead atoms. The monoisotopic (exact) mass is 200 g/mol. The van der Waals surface area contributed by atoms with E-state index in [0.717, 1.165) is 15.4 Å². The zero-order valence-electron chi connectivity index (χ0n) is 8.45. The van der Waals surface area contributed by atoms with Gasteiger partial charge in [-0.05, 0) is 18.8 Å². The van der Waals surface area contributed by atoms with Gasteiger partial charge in [0, 0.05) is 0 Å². The lowest BCUT2D eigenvalue weighted by Crippen LogP contribution is -2.10. The van der Waals surface area contributed by atoms with E-state index in [1.54, 1.807) is 0 Å². The Morgan fingerprint density at radius 2 is 1.79 bits per heavy atom. The normalized spacial score (nSPS) is 18.0. The summed E-state index contributed by atoms with van der Waals surface area (Å²) in [6, 6.07) is 10.7. The summed E-state index contributed by atoms with van der Waals surface area (Å²) in [5.74, 6) is 0.881. The lowest BCUT2D eigenvalue weighted by Gasteiger charge is -1.99. The Bertz CT molecular complexity index is 283. The quantitative estimate of drug-likeness (QED) is 0.658. The van der Waals surface area contributed by atoms with E-state index in [0.29, 0.717) is 0 Å². The highest BCUT2D eigenvalue weighted by atomic mass is 28.2. The molecule has 2 rings (SSSR count). The summed E-state index contributed by atoms with van der Waals surface area (Å²) in [4.78, 5) is 0. The molecular weight excluding hydrogens is 184 g/mol. The van der Waals surface area contributed by atoms with Crippen molar-refractivity contribution in [3.05, 3.63) is 42.1 Å². The summed E-state index contributed by atoms with van der Waals surface area (Å²) in [5, 5.41) is 1.45. The third-order valence-electron chi connectivity index (χ3n) is 2.79. The van der Waals surface area contributed by atoms with E-state index in [4.69, 9.17) is 0 Å². The molecule has 14 heavy (non-hydrogen) atoms. The van der Waals surface area contributed by atoms with Gasteiger partial charge >= 0.3 is 0 Å². The predicted molar refractivity (Wildman–Crippen MR) is 62.9 cm³/mol. The fourth-order valence-corrected chi connectivity index (χ4v) is 2.91. The highest BCUT2D eigenvalue weighted by Gasteiger charge is 2.10. The van der Waals surface area contributed by atoms with Crippen molar-refractivity contribution >= 4 is 14.7 Å². The first-order valence-corrected chi connectivity index (χ1v) is 6.51. The van der Waals surface area contributed by atoms with Crippen LogP contribution in [0.3, 0.4) is 0 Å². The van der Waals surface area contributed by atoms with Crippen molar-refractivity contribution < 1.29 is 0 Å². The summed E-state index contributed by atoms with van der Waals surface area (Å²) in [6.45, 7) is 0. The Morgan fingerprint density at radius 1 is 1.07 bits per heavy atom. The van der Waals surface area contributed by atoms with Gasteiger partial charge in [0.2, 0.25) is 0 Å². The first-order valence-electron chi connectivity index (χ1n) is 5.43. The van der Waals surface area contributed by atoms with Crippen LogP contribution in [0.5, 0.6) is 0 Å². The highest BCUT2D eigenvalue weighted by molar-refractivity contribution is 6.58. The maximum absolute atomic E-state index is 2.43. The molecule has 0 saturated heterocycles. The maximum atomic E-state index is 2.43. The van der Waals surface area contributed by atoms with Gasteiger partial charge in [-0.3, -0.25) is 0 Å². The van der Waals surface area contributed by atoms with Crippen molar-refractivity contribution in [1.29, 1.82) is 0 Å². The summed E-state index contributed by atoms with van der Waals surface area (Å²) in [5.41, 5.74) is 2.37. The Kier molecular flexibility index (Phi) is 3.58. The number of benzene rings is 1. The van der Waals surface area contributed by atoms with Gasteiger partial charge in [0.05, 0.1) is 0 Å². The van der Waals surface area contributed by atoms with Gasteiger partial charge in [0.1, 0.15) is 9.52 Å². The average molecular weight is 200 g/mol. The Morgan fingerprint density at radius 3 is 2.50 bits per heavy atom. The number of allylic oxidation sites excluding steroid dienone is 1. The second-order valence-electron chi connectivity index (χ2n) is 3.91. The van der Waals surface area contributed by atoms with E-state index in [1.165, 1.54) is 30.9 Å². The van der Waals surface area contributed by atoms with E-state index in [9.17, 15) is 0 Å². The van der Waals surface area contributed by atoms with Crippen LogP contribution in [-0.2, 0) is 0 Å². The molecule has 1 aromatic carbocycles. The minimum atomic E-state index is 0.851. The molecule has 0 aliphatic heterocycles. The minimum absolute atomic E-state index is 0.851. The van der Waals surface area contributed by atoms with Gasteiger partial charge in [0.25, 0.3) is 0 Å². The molecule has 0 aromatic heterocycles. The highest BCUT2D eigenvalue weighted by Crippen LogP contribution is 2.25. The molecular formula is C13H16Si. The van der Waals surface area contributed by atoms with E-state index in [2.05, 4.69) is 42.1 Å². The molecule has 1 fully saturated rings. The van der Waals surface area contributed by atoms with Gasteiger partial charge in [-0.15, -0.1) is 0 Å². The third-order valence-corrected chi connectivity index (χ3v) is 3.82. The Labute approximate surface area is 88.9 Å². The van der Waals surface area contributed by atoms with Crippen molar-refractivity contribution in [3.8, 4) is 0 Å². The molecule has 72 valence electrons. The lowest BCUT2D eigenvalue weighted by molar-refractivity contribution is 0.687. The van der Waals surface area contributed by atoms with Crippen LogP contribution in [0, 0.1) is 5.92 Å². The molecule has 0 amide bonds. The van der Waals surface area contributed by atoms with E-state index in [-0.39, 0.29) is 0 Å². The van der Waals surface area contributed by atoms with Crippen LogP contribution in [0.25, 0.3) is 0 Å². The van der Waals surface area contributed by atoms with E-state index < -0.39 is 0 Å². The molecule has 0 spiro atoms. The molecule has 0 N–H and O–H groups in total. The predicted octanol–water partition coefficient (Wildman–Crippen LogP) is 2.72. The molecule has 1 saturated carbocycles. The molecule has 1 aromatic rings. The molecule has 0 unspecified atom stereocenters. The largest absolute Gasteiger partial charge is 0.111 e. The van der Waals surface area contributed by atoms with Crippen LogP contribution in [-0.4, -0.2) is 9.52 Å². The van der Waals surface area contributed by atoms with Gasteiger partial charge in [0.15, 0.2) is 0 Å². The molecule has 1 aliphatic carbocycles. The van der Waals surface area contributed by atoms with Crippen molar-refractivity contribution in [2.75, 3.05) is 0 Å². The SMILES string of the molecule is C(=C\C1CCCC1)/[Si]c1ccccc1. The number of hydrogen-bond donors (Lipinski definition) is 0. The van der Waals surface area contributed by atoms with Crippen LogP contribution < -0.4 is 5.19 Å². The first-order chi connectivity index (χ1) is 6.95. The standard InChI is InChI=1S/C13H16Si/c1-2-8-13(9-3-1)14-11-10-12-6-4-5-7-12/h1-3,8-12H,4-7H2/b11-10+. The lowest BCUT2D eigenvalue weighted by atomic mass is 10.1. The first kappa shape index (κ1) is 9.72. The van der Waals surface area contributed by atoms with Crippen LogP contribution in [0.15, 0.2) is 42.1 Å². The average Bonchev–Trinajstić information content (AvgIpc) is 2.72. The molecule has 1 heteroatoms. The molecule has 0 atom stereocenters.